The molecule has 1 heterocycles. The number of sulfone groups is 1. The third kappa shape index (κ3) is 4.85. The topological polar surface area (TPSA) is 76.8 Å². The zero-order chi connectivity index (χ0) is 17.0. The van der Waals surface area contributed by atoms with Crippen LogP contribution in [0.15, 0.2) is 45.7 Å². The number of carbonyl (C=O) groups is 1. The predicted molar refractivity (Wildman–Crippen MR) is 85.0 cm³/mol. The maximum atomic E-state index is 12.0. The molecule has 0 bridgehead atoms. The van der Waals surface area contributed by atoms with Gasteiger partial charge in [0, 0.05) is 13.3 Å². The molecule has 2 rings (SSSR count). The third-order valence-corrected chi connectivity index (χ3v) is 4.36. The molecule has 1 amide bonds. The van der Waals surface area contributed by atoms with Gasteiger partial charge in [-0.2, -0.15) is 0 Å². The van der Waals surface area contributed by atoms with Crippen molar-refractivity contribution in [2.45, 2.75) is 18.4 Å². The van der Waals surface area contributed by atoms with Gasteiger partial charge in [-0.1, -0.05) is 0 Å². The van der Waals surface area contributed by atoms with Crippen molar-refractivity contribution < 1.29 is 22.4 Å². The lowest BCUT2D eigenvalue weighted by molar-refractivity contribution is -0.132. The first-order valence-electron chi connectivity index (χ1n) is 6.98. The predicted octanol–water partition coefficient (Wildman–Crippen LogP) is 2.03. The minimum absolute atomic E-state index is 0.131. The Kier molecular flexibility index (Phi) is 5.10. The first-order chi connectivity index (χ1) is 10.8. The smallest absolute Gasteiger partial charge is 0.260 e. The van der Waals surface area contributed by atoms with Gasteiger partial charge in [-0.3, -0.25) is 4.79 Å². The average Bonchev–Trinajstić information content (AvgIpc) is 2.89. The van der Waals surface area contributed by atoms with Crippen molar-refractivity contribution >= 4 is 15.7 Å². The van der Waals surface area contributed by atoms with Crippen LogP contribution >= 0.6 is 0 Å². The fraction of sp³-hybridized carbons (Fsp3) is 0.312. The van der Waals surface area contributed by atoms with Gasteiger partial charge < -0.3 is 14.1 Å². The van der Waals surface area contributed by atoms with Crippen LogP contribution in [0.4, 0.5) is 0 Å². The van der Waals surface area contributed by atoms with Crippen molar-refractivity contribution in [1.82, 2.24) is 4.90 Å². The summed E-state index contributed by atoms with van der Waals surface area (Å²) in [5, 5.41) is 0. The van der Waals surface area contributed by atoms with E-state index in [1.165, 1.54) is 29.2 Å². The number of likely N-dealkylation sites (N-methyl/N-ethyl adjacent to an activating group) is 1. The standard InChI is InChI=1S/C16H19NO5S/c1-12-4-5-14(22-12)10-17(2)16(18)11-21-13-6-8-15(9-7-13)23(3,19)20/h4-9H,10-11H2,1-3H3. The summed E-state index contributed by atoms with van der Waals surface area (Å²) < 4.78 is 33.5. The summed E-state index contributed by atoms with van der Waals surface area (Å²) in [6.07, 6.45) is 1.14. The molecule has 0 aliphatic rings. The van der Waals surface area contributed by atoms with Crippen LogP contribution in [0.2, 0.25) is 0 Å². The van der Waals surface area contributed by atoms with Crippen molar-refractivity contribution in [2.75, 3.05) is 19.9 Å². The second kappa shape index (κ2) is 6.87. The number of benzene rings is 1. The number of amides is 1. The summed E-state index contributed by atoms with van der Waals surface area (Å²) in [6.45, 7) is 2.08. The highest BCUT2D eigenvalue weighted by atomic mass is 32.2. The molecule has 0 N–H and O–H groups in total. The van der Waals surface area contributed by atoms with Crippen LogP contribution < -0.4 is 4.74 Å². The zero-order valence-electron chi connectivity index (χ0n) is 13.3. The molecule has 2 aromatic rings. The van der Waals surface area contributed by atoms with Crippen molar-refractivity contribution in [2.24, 2.45) is 0 Å². The van der Waals surface area contributed by atoms with Crippen molar-refractivity contribution in [3.05, 3.63) is 47.9 Å². The molecule has 124 valence electrons. The second-order valence-electron chi connectivity index (χ2n) is 5.29. The Morgan fingerprint density at radius 3 is 2.35 bits per heavy atom. The zero-order valence-corrected chi connectivity index (χ0v) is 14.1. The van der Waals surface area contributed by atoms with Gasteiger partial charge in [0.1, 0.15) is 17.3 Å². The number of aryl methyl sites for hydroxylation is 1. The van der Waals surface area contributed by atoms with Crippen molar-refractivity contribution in [1.29, 1.82) is 0 Å². The van der Waals surface area contributed by atoms with E-state index in [4.69, 9.17) is 9.15 Å². The molecule has 0 fully saturated rings. The largest absolute Gasteiger partial charge is 0.484 e. The van der Waals surface area contributed by atoms with Gasteiger partial charge in [0.2, 0.25) is 0 Å². The molecule has 0 aliphatic heterocycles. The van der Waals surface area contributed by atoms with E-state index in [9.17, 15) is 13.2 Å². The van der Waals surface area contributed by atoms with Crippen molar-refractivity contribution in [3.8, 4) is 5.75 Å². The highest BCUT2D eigenvalue weighted by molar-refractivity contribution is 7.90. The summed E-state index contributed by atoms with van der Waals surface area (Å²) in [4.78, 5) is 13.7. The van der Waals surface area contributed by atoms with Crippen LogP contribution in [0, 0.1) is 6.92 Å². The highest BCUT2D eigenvalue weighted by Crippen LogP contribution is 2.16. The third-order valence-electron chi connectivity index (χ3n) is 3.23. The molecular formula is C16H19NO5S. The number of hydrogen-bond donors (Lipinski definition) is 0. The highest BCUT2D eigenvalue weighted by Gasteiger charge is 2.12. The summed E-state index contributed by atoms with van der Waals surface area (Å²) in [5.41, 5.74) is 0. The molecular weight excluding hydrogens is 318 g/mol. The van der Waals surface area contributed by atoms with E-state index in [0.717, 1.165) is 12.0 Å². The molecule has 1 aromatic carbocycles. The van der Waals surface area contributed by atoms with Crippen LogP contribution in [0.1, 0.15) is 11.5 Å². The summed E-state index contributed by atoms with van der Waals surface area (Å²) in [5.74, 6) is 1.73. The van der Waals surface area contributed by atoms with Gasteiger partial charge in [0.25, 0.3) is 5.91 Å². The van der Waals surface area contributed by atoms with E-state index in [1.807, 2.05) is 19.1 Å². The van der Waals surface area contributed by atoms with E-state index in [0.29, 0.717) is 18.1 Å². The number of nitrogens with zero attached hydrogens (tertiary/aromatic N) is 1. The van der Waals surface area contributed by atoms with Gasteiger partial charge in [-0.25, -0.2) is 8.42 Å². The summed E-state index contributed by atoms with van der Waals surface area (Å²) in [7, 11) is -1.58. The normalized spacial score (nSPS) is 11.3. The summed E-state index contributed by atoms with van der Waals surface area (Å²) in [6, 6.07) is 9.62. The Balaban J connectivity index is 1.88. The van der Waals surface area contributed by atoms with Crippen LogP contribution in [-0.4, -0.2) is 39.1 Å². The first-order valence-corrected chi connectivity index (χ1v) is 8.87. The Bertz CT molecular complexity index is 777. The van der Waals surface area contributed by atoms with Gasteiger partial charge in [-0.15, -0.1) is 0 Å². The van der Waals surface area contributed by atoms with E-state index >= 15 is 0 Å². The van der Waals surface area contributed by atoms with E-state index in [-0.39, 0.29) is 17.4 Å². The minimum atomic E-state index is -3.24. The average molecular weight is 337 g/mol. The van der Waals surface area contributed by atoms with Crippen LogP contribution in [0.25, 0.3) is 0 Å². The lowest BCUT2D eigenvalue weighted by atomic mass is 10.3. The number of carbonyl (C=O) groups excluding carboxylic acids is 1. The van der Waals surface area contributed by atoms with E-state index < -0.39 is 9.84 Å². The molecule has 0 spiro atoms. The molecule has 0 saturated carbocycles. The number of rotatable bonds is 6. The minimum Gasteiger partial charge on any atom is -0.484 e. The molecule has 1 aromatic heterocycles. The van der Waals surface area contributed by atoms with Crippen LogP contribution in [0.5, 0.6) is 5.75 Å². The number of furan rings is 1. The Hall–Kier alpha value is -2.28. The Morgan fingerprint density at radius 1 is 1.17 bits per heavy atom. The van der Waals surface area contributed by atoms with Gasteiger partial charge in [-0.05, 0) is 43.3 Å². The number of ether oxygens (including phenoxy) is 1. The van der Waals surface area contributed by atoms with Crippen LogP contribution in [-0.2, 0) is 21.2 Å². The lowest BCUT2D eigenvalue weighted by Crippen LogP contribution is -2.30. The SMILES string of the molecule is Cc1ccc(CN(C)C(=O)COc2ccc(S(C)(=O)=O)cc2)o1. The maximum Gasteiger partial charge on any atom is 0.260 e. The van der Waals surface area contributed by atoms with Crippen LogP contribution in [0.3, 0.4) is 0 Å². The fourth-order valence-corrected chi connectivity index (χ4v) is 2.56. The Morgan fingerprint density at radius 2 is 1.83 bits per heavy atom. The molecule has 23 heavy (non-hydrogen) atoms. The van der Waals surface area contributed by atoms with Gasteiger partial charge in [0.15, 0.2) is 16.4 Å². The molecule has 0 unspecified atom stereocenters. The molecule has 7 heteroatoms. The number of hydrogen-bond acceptors (Lipinski definition) is 5. The maximum absolute atomic E-state index is 12.0. The molecule has 0 atom stereocenters. The second-order valence-corrected chi connectivity index (χ2v) is 7.31. The monoisotopic (exact) mass is 337 g/mol. The van der Waals surface area contributed by atoms with Gasteiger partial charge >= 0.3 is 0 Å². The molecule has 6 nitrogen and oxygen atoms in total. The van der Waals surface area contributed by atoms with Gasteiger partial charge in [0.05, 0.1) is 11.4 Å². The lowest BCUT2D eigenvalue weighted by Gasteiger charge is -2.16. The molecule has 0 saturated heterocycles. The molecule has 0 radical (unpaired) electrons. The van der Waals surface area contributed by atoms with E-state index in [2.05, 4.69) is 0 Å². The Labute approximate surface area is 135 Å². The quantitative estimate of drug-likeness (QED) is 0.806. The first kappa shape index (κ1) is 17.1. The summed E-state index contributed by atoms with van der Waals surface area (Å²) >= 11 is 0. The van der Waals surface area contributed by atoms with Crippen molar-refractivity contribution in [3.63, 3.8) is 0 Å². The van der Waals surface area contributed by atoms with E-state index in [1.54, 1.807) is 7.05 Å². The molecule has 0 aliphatic carbocycles. The fourth-order valence-electron chi connectivity index (χ4n) is 1.93.